The van der Waals surface area contributed by atoms with E-state index in [2.05, 4.69) is 31.5 Å². The summed E-state index contributed by atoms with van der Waals surface area (Å²) in [6, 6.07) is 11.2. The Hall–Kier alpha value is -5.70. The number of fused-ring (bicyclic) bond motifs is 1. The number of pyridine rings is 1. The number of carbonyl (C=O) groups is 4. The summed E-state index contributed by atoms with van der Waals surface area (Å²) in [5.74, 6) is 0.394. The molecule has 2 aromatic carbocycles. The van der Waals surface area contributed by atoms with E-state index in [1.54, 1.807) is 38.6 Å². The molecule has 0 saturated carbocycles. The van der Waals surface area contributed by atoms with E-state index in [1.165, 1.54) is 10.1 Å². The normalized spacial score (nSPS) is 16.5. The van der Waals surface area contributed by atoms with Crippen LogP contribution in [0.4, 0.5) is 5.69 Å². The fraction of sp³-hybridized carbons (Fsp3) is 0.389. The molecule has 2 saturated heterocycles. The molecule has 6 rings (SSSR count). The average molecular weight is 699 g/mol. The Morgan fingerprint density at radius 3 is 2.35 bits per heavy atom. The number of amides is 4. The summed E-state index contributed by atoms with van der Waals surface area (Å²) in [5, 5.41) is 18.9. The number of anilines is 1. The topological polar surface area (TPSA) is 189 Å². The molecule has 4 heterocycles. The Kier molecular flexibility index (Phi) is 10.7. The number of nitrogens with one attached hydrogen (secondary N) is 5. The second-order valence-electron chi connectivity index (χ2n) is 12.8. The van der Waals surface area contributed by atoms with E-state index in [1.807, 2.05) is 36.4 Å². The molecule has 15 nitrogen and oxygen atoms in total. The summed E-state index contributed by atoms with van der Waals surface area (Å²) >= 11 is 0. The summed E-state index contributed by atoms with van der Waals surface area (Å²) in [6.07, 6.45) is 5.74. The second-order valence-corrected chi connectivity index (χ2v) is 12.8. The third-order valence-corrected chi connectivity index (χ3v) is 9.54. The molecule has 268 valence electrons. The standard InChI is InChI=1S/C36H42N8O7/c1-43-20-27(25-17-39-42-34(25)36(43)49)23-14-29(50-2)26(30(15-23)51-3)16-37-18-32(46)38-19-33(47)44-12-10-22(11-13-44)21-4-6-24(7-5-21)40-28-8-9-31(45)41-35(28)48/h4-7,14-15,17,20,22,28,37,40H,8-13,16,18-19H2,1-3H3,(H,38,46)(H,39,42)(H,41,45,48). The highest BCUT2D eigenvalue weighted by atomic mass is 16.5. The third-order valence-electron chi connectivity index (χ3n) is 9.54. The van der Waals surface area contributed by atoms with Crippen LogP contribution in [0.3, 0.4) is 0 Å². The highest BCUT2D eigenvalue weighted by molar-refractivity contribution is 6.01. The molecule has 0 radical (unpaired) electrons. The highest BCUT2D eigenvalue weighted by Crippen LogP contribution is 2.37. The number of methoxy groups -OCH3 is 2. The number of hydrogen-bond acceptors (Lipinski definition) is 10. The first-order valence-corrected chi connectivity index (χ1v) is 16.9. The number of likely N-dealkylation sites (tertiary alicyclic amines) is 1. The van der Waals surface area contributed by atoms with Gasteiger partial charge in [-0.05, 0) is 60.6 Å². The zero-order chi connectivity index (χ0) is 36.1. The van der Waals surface area contributed by atoms with Crippen molar-refractivity contribution in [3.63, 3.8) is 0 Å². The minimum Gasteiger partial charge on any atom is -0.496 e. The summed E-state index contributed by atoms with van der Waals surface area (Å²) < 4.78 is 12.9. The summed E-state index contributed by atoms with van der Waals surface area (Å²) in [4.78, 5) is 63.3. The van der Waals surface area contributed by atoms with Crippen LogP contribution in [0.1, 0.15) is 42.7 Å². The van der Waals surface area contributed by atoms with Gasteiger partial charge in [0.2, 0.25) is 23.6 Å². The fourth-order valence-corrected chi connectivity index (χ4v) is 6.69. The van der Waals surface area contributed by atoms with Gasteiger partial charge >= 0.3 is 0 Å². The van der Waals surface area contributed by atoms with Crippen molar-refractivity contribution >= 4 is 40.2 Å². The lowest BCUT2D eigenvalue weighted by Gasteiger charge is -2.32. The number of nitrogens with zero attached hydrogens (tertiary/aromatic N) is 3. The van der Waals surface area contributed by atoms with E-state index in [0.717, 1.165) is 29.7 Å². The zero-order valence-electron chi connectivity index (χ0n) is 28.8. The van der Waals surface area contributed by atoms with Gasteiger partial charge in [0.15, 0.2) is 0 Å². The monoisotopic (exact) mass is 698 g/mol. The molecule has 51 heavy (non-hydrogen) atoms. The number of carbonyl (C=O) groups excluding carboxylic acids is 4. The summed E-state index contributed by atoms with van der Waals surface area (Å²) in [5.41, 5.74) is 4.46. The predicted octanol–water partition coefficient (Wildman–Crippen LogP) is 1.77. The van der Waals surface area contributed by atoms with Gasteiger partial charge < -0.3 is 34.9 Å². The van der Waals surface area contributed by atoms with Gasteiger partial charge in [-0.15, -0.1) is 0 Å². The van der Waals surface area contributed by atoms with Crippen LogP contribution >= 0.6 is 0 Å². The minimum atomic E-state index is -0.431. The molecule has 15 heteroatoms. The van der Waals surface area contributed by atoms with Crippen LogP contribution in [0, 0.1) is 0 Å². The Labute approximate surface area is 294 Å². The van der Waals surface area contributed by atoms with E-state index < -0.39 is 6.04 Å². The first-order valence-electron chi connectivity index (χ1n) is 16.9. The van der Waals surface area contributed by atoms with Crippen molar-refractivity contribution in [3.8, 4) is 22.6 Å². The van der Waals surface area contributed by atoms with Crippen molar-refractivity contribution in [1.82, 2.24) is 35.6 Å². The quantitative estimate of drug-likeness (QED) is 0.137. The first-order chi connectivity index (χ1) is 24.6. The minimum absolute atomic E-state index is 0.0196. The first kappa shape index (κ1) is 35.1. The molecule has 2 aliphatic heterocycles. The molecule has 2 fully saturated rings. The zero-order valence-corrected chi connectivity index (χ0v) is 28.8. The van der Waals surface area contributed by atoms with Crippen molar-refractivity contribution in [2.75, 3.05) is 45.7 Å². The fourth-order valence-electron chi connectivity index (χ4n) is 6.69. The lowest BCUT2D eigenvalue weighted by molar-refractivity contribution is -0.134. The Morgan fingerprint density at radius 1 is 0.980 bits per heavy atom. The maximum Gasteiger partial charge on any atom is 0.276 e. The van der Waals surface area contributed by atoms with Crippen molar-refractivity contribution in [2.24, 2.45) is 7.05 Å². The van der Waals surface area contributed by atoms with Crippen LogP contribution in [-0.4, -0.2) is 89.7 Å². The lowest BCUT2D eigenvalue weighted by atomic mass is 9.89. The molecule has 5 N–H and O–H groups in total. The van der Waals surface area contributed by atoms with Gasteiger partial charge in [-0.2, -0.15) is 5.10 Å². The van der Waals surface area contributed by atoms with Gasteiger partial charge in [0.1, 0.15) is 23.1 Å². The number of benzene rings is 2. The van der Waals surface area contributed by atoms with Gasteiger partial charge in [0.05, 0.1) is 33.5 Å². The second kappa shape index (κ2) is 15.5. The molecule has 1 atom stereocenters. The highest BCUT2D eigenvalue weighted by Gasteiger charge is 2.27. The van der Waals surface area contributed by atoms with Crippen LogP contribution in [0.2, 0.25) is 0 Å². The average Bonchev–Trinajstić information content (AvgIpc) is 3.64. The number of rotatable bonds is 12. The number of aryl methyl sites for hydroxylation is 1. The molecule has 0 bridgehead atoms. The maximum atomic E-state index is 12.9. The third kappa shape index (κ3) is 7.88. The van der Waals surface area contributed by atoms with Crippen molar-refractivity contribution < 1.29 is 28.7 Å². The van der Waals surface area contributed by atoms with Gasteiger partial charge in [0, 0.05) is 61.5 Å². The predicted molar refractivity (Wildman–Crippen MR) is 189 cm³/mol. The van der Waals surface area contributed by atoms with E-state index in [0.29, 0.717) is 59.8 Å². The van der Waals surface area contributed by atoms with Crippen molar-refractivity contribution in [1.29, 1.82) is 0 Å². The van der Waals surface area contributed by atoms with E-state index >= 15 is 0 Å². The molecule has 0 aliphatic carbocycles. The van der Waals surface area contributed by atoms with Gasteiger partial charge in [-0.1, -0.05) is 12.1 Å². The van der Waals surface area contributed by atoms with Crippen LogP contribution in [0.5, 0.6) is 11.5 Å². The summed E-state index contributed by atoms with van der Waals surface area (Å²) in [7, 11) is 4.78. The molecule has 0 spiro atoms. The van der Waals surface area contributed by atoms with Crippen LogP contribution in [0.15, 0.2) is 53.6 Å². The SMILES string of the molecule is COc1cc(-c2cn(C)c(=O)c3[nH]ncc23)cc(OC)c1CNCC(=O)NCC(=O)N1CCC(c2ccc(NC3CCC(=O)NC3=O)cc2)CC1. The number of ether oxygens (including phenoxy) is 2. The number of H-pyrrole nitrogens is 1. The van der Waals surface area contributed by atoms with Crippen LogP contribution in [-0.2, 0) is 32.8 Å². The van der Waals surface area contributed by atoms with Gasteiger partial charge in [-0.25, -0.2) is 0 Å². The molecular weight excluding hydrogens is 656 g/mol. The number of aromatic nitrogens is 3. The van der Waals surface area contributed by atoms with E-state index in [-0.39, 0.29) is 48.8 Å². The van der Waals surface area contributed by atoms with Crippen molar-refractivity contribution in [3.05, 3.63) is 70.3 Å². The van der Waals surface area contributed by atoms with Crippen LogP contribution in [0.25, 0.3) is 22.0 Å². The number of piperidine rings is 2. The van der Waals surface area contributed by atoms with Crippen molar-refractivity contribution in [2.45, 2.75) is 44.2 Å². The van der Waals surface area contributed by atoms with Gasteiger partial charge in [0.25, 0.3) is 5.56 Å². The molecule has 2 aromatic heterocycles. The lowest BCUT2D eigenvalue weighted by Crippen LogP contribution is -2.47. The smallest absolute Gasteiger partial charge is 0.276 e. The van der Waals surface area contributed by atoms with E-state index in [4.69, 9.17) is 9.47 Å². The molecule has 4 amide bonds. The van der Waals surface area contributed by atoms with Gasteiger partial charge in [-0.3, -0.25) is 34.4 Å². The number of hydrogen-bond donors (Lipinski definition) is 5. The maximum absolute atomic E-state index is 12.9. The number of aromatic amines is 1. The Balaban J connectivity index is 0.961. The van der Waals surface area contributed by atoms with E-state index in [9.17, 15) is 24.0 Å². The Morgan fingerprint density at radius 2 is 1.69 bits per heavy atom. The summed E-state index contributed by atoms with van der Waals surface area (Å²) in [6.45, 7) is 1.34. The van der Waals surface area contributed by atoms with Crippen LogP contribution < -0.4 is 36.3 Å². The largest absolute Gasteiger partial charge is 0.496 e. The molecule has 1 unspecified atom stereocenters. The molecule has 4 aromatic rings. The Bertz CT molecular complexity index is 1970. The molecule has 2 aliphatic rings. The molecular formula is C36H42N8O7. The number of imide groups is 1.